The number of carbonyl (C=O) groups is 1. The van der Waals surface area contributed by atoms with Gasteiger partial charge in [-0.2, -0.15) is 0 Å². The first-order valence-electron chi connectivity index (χ1n) is 3.19. The van der Waals surface area contributed by atoms with Crippen molar-refractivity contribution in [3.05, 3.63) is 0 Å². The van der Waals surface area contributed by atoms with Gasteiger partial charge in [-0.05, 0) is 0 Å². The molecule has 0 bridgehead atoms. The molecule has 0 saturated carbocycles. The molecular weight excluding hydrogens is 137 g/mol. The predicted molar refractivity (Wildman–Crippen MR) is 33.3 cm³/mol. The van der Waals surface area contributed by atoms with E-state index in [9.17, 15) is 9.18 Å². The Kier molecular flexibility index (Phi) is 2.21. The summed E-state index contributed by atoms with van der Waals surface area (Å²) in [4.78, 5) is 10.7. The van der Waals surface area contributed by atoms with Crippen LogP contribution < -0.4 is 5.32 Å². The Balaban J connectivity index is 2.37. The van der Waals surface area contributed by atoms with Gasteiger partial charge in [0.15, 0.2) is 0 Å². The second-order valence-corrected chi connectivity index (χ2v) is 2.32. The molecule has 0 aliphatic carbocycles. The van der Waals surface area contributed by atoms with Crippen molar-refractivity contribution < 1.29 is 13.9 Å². The molecule has 0 radical (unpaired) electrons. The third kappa shape index (κ3) is 1.44. The van der Waals surface area contributed by atoms with Gasteiger partial charge >= 0.3 is 5.97 Å². The van der Waals surface area contributed by atoms with Gasteiger partial charge in [0.1, 0.15) is 12.2 Å². The summed E-state index contributed by atoms with van der Waals surface area (Å²) in [5.74, 6) is -0.375. The van der Waals surface area contributed by atoms with Gasteiger partial charge < -0.3 is 10.1 Å². The molecule has 1 fully saturated rings. The maximum absolute atomic E-state index is 12.4. The van der Waals surface area contributed by atoms with Crippen LogP contribution in [0.4, 0.5) is 4.39 Å². The summed E-state index contributed by atoms with van der Waals surface area (Å²) < 4.78 is 16.8. The molecule has 0 aromatic rings. The Bertz CT molecular complexity index is 140. The van der Waals surface area contributed by atoms with Crippen LogP contribution in [0, 0.1) is 0 Å². The lowest BCUT2D eigenvalue weighted by Gasteiger charge is -2.04. The van der Waals surface area contributed by atoms with Gasteiger partial charge in [0.2, 0.25) is 0 Å². The number of ether oxygens (including phenoxy) is 1. The van der Waals surface area contributed by atoms with Crippen molar-refractivity contribution in [1.82, 2.24) is 5.32 Å². The molecule has 1 unspecified atom stereocenters. The van der Waals surface area contributed by atoms with E-state index in [1.165, 1.54) is 7.11 Å². The number of halogens is 1. The number of carbonyl (C=O) groups excluding carboxylic acids is 1. The van der Waals surface area contributed by atoms with Gasteiger partial charge in [-0.25, -0.2) is 4.39 Å². The molecule has 1 aliphatic rings. The normalized spacial score (nSPS) is 32.2. The lowest BCUT2D eigenvalue weighted by atomic mass is 10.2. The highest BCUT2D eigenvalue weighted by molar-refractivity contribution is 5.76. The zero-order valence-electron chi connectivity index (χ0n) is 5.76. The Labute approximate surface area is 58.5 Å². The van der Waals surface area contributed by atoms with E-state index in [1.54, 1.807) is 0 Å². The Morgan fingerprint density at radius 3 is 2.90 bits per heavy atom. The number of hydrogen-bond donors (Lipinski definition) is 1. The quantitative estimate of drug-likeness (QED) is 0.524. The smallest absolute Gasteiger partial charge is 0.322 e. The fraction of sp³-hybridized carbons (Fsp3) is 0.833. The second kappa shape index (κ2) is 2.96. The number of rotatable bonds is 1. The minimum Gasteiger partial charge on any atom is -0.468 e. The number of hydrogen-bond acceptors (Lipinski definition) is 3. The van der Waals surface area contributed by atoms with Gasteiger partial charge in [0.05, 0.1) is 7.11 Å². The fourth-order valence-corrected chi connectivity index (χ4v) is 1.01. The maximum atomic E-state index is 12.4. The van der Waals surface area contributed by atoms with Gasteiger partial charge in [-0.1, -0.05) is 0 Å². The summed E-state index contributed by atoms with van der Waals surface area (Å²) in [6, 6.07) is -0.431. The molecule has 1 saturated heterocycles. The highest BCUT2D eigenvalue weighted by Crippen LogP contribution is 2.10. The number of methoxy groups -OCH3 is 1. The maximum Gasteiger partial charge on any atom is 0.322 e. The number of alkyl halides is 1. The fourth-order valence-electron chi connectivity index (χ4n) is 1.01. The van der Waals surface area contributed by atoms with Gasteiger partial charge in [-0.3, -0.25) is 4.79 Å². The van der Waals surface area contributed by atoms with Crippen molar-refractivity contribution >= 4 is 5.97 Å². The van der Waals surface area contributed by atoms with E-state index in [4.69, 9.17) is 0 Å². The predicted octanol–water partition coefficient (Wildman–Crippen LogP) is -0.141. The first kappa shape index (κ1) is 7.47. The molecule has 1 aliphatic heterocycles. The largest absolute Gasteiger partial charge is 0.468 e. The Morgan fingerprint density at radius 2 is 2.50 bits per heavy atom. The molecule has 1 heterocycles. The highest BCUT2D eigenvalue weighted by atomic mass is 19.1. The van der Waals surface area contributed by atoms with Crippen LogP contribution in [-0.4, -0.2) is 31.8 Å². The average Bonchev–Trinajstić information content (AvgIpc) is 2.34. The van der Waals surface area contributed by atoms with Gasteiger partial charge in [0.25, 0.3) is 0 Å². The van der Waals surface area contributed by atoms with Crippen LogP contribution in [0.2, 0.25) is 0 Å². The zero-order chi connectivity index (χ0) is 7.56. The first-order valence-corrected chi connectivity index (χ1v) is 3.19. The Hall–Kier alpha value is -0.640. The van der Waals surface area contributed by atoms with E-state index in [0.29, 0.717) is 0 Å². The monoisotopic (exact) mass is 147 g/mol. The summed E-state index contributed by atoms with van der Waals surface area (Å²) in [5.41, 5.74) is 0. The minimum atomic E-state index is -0.899. The molecule has 0 amide bonds. The standard InChI is InChI=1S/C6H10FNO2/c1-10-6(9)5-2-4(7)3-8-5/h4-5,8H,2-3H2,1H3/t4?,5-/m1/s1. The topological polar surface area (TPSA) is 38.3 Å². The van der Waals surface area contributed by atoms with Crippen LogP contribution in [0.1, 0.15) is 6.42 Å². The molecule has 0 aromatic heterocycles. The van der Waals surface area contributed by atoms with E-state index < -0.39 is 12.2 Å². The summed E-state index contributed by atoms with van der Waals surface area (Å²) in [5, 5.41) is 2.71. The highest BCUT2D eigenvalue weighted by Gasteiger charge is 2.29. The molecule has 10 heavy (non-hydrogen) atoms. The van der Waals surface area contributed by atoms with Crippen molar-refractivity contribution in [1.29, 1.82) is 0 Å². The average molecular weight is 147 g/mol. The molecule has 3 nitrogen and oxygen atoms in total. The lowest BCUT2D eigenvalue weighted by Crippen LogP contribution is -2.31. The molecule has 1 rings (SSSR count). The molecule has 1 N–H and O–H groups in total. The van der Waals surface area contributed by atoms with Crippen LogP contribution in [0.3, 0.4) is 0 Å². The Morgan fingerprint density at radius 1 is 1.80 bits per heavy atom. The SMILES string of the molecule is COC(=O)[C@H]1CC(F)CN1. The van der Waals surface area contributed by atoms with Gasteiger partial charge in [0, 0.05) is 13.0 Å². The third-order valence-electron chi connectivity index (χ3n) is 1.56. The van der Waals surface area contributed by atoms with Crippen molar-refractivity contribution in [2.24, 2.45) is 0 Å². The first-order chi connectivity index (χ1) is 4.74. The zero-order valence-corrected chi connectivity index (χ0v) is 5.76. The lowest BCUT2D eigenvalue weighted by molar-refractivity contribution is -0.142. The van der Waals surface area contributed by atoms with E-state index in [2.05, 4.69) is 10.1 Å². The summed E-state index contributed by atoms with van der Waals surface area (Å²) >= 11 is 0. The van der Waals surface area contributed by atoms with E-state index >= 15 is 0 Å². The second-order valence-electron chi connectivity index (χ2n) is 2.32. The van der Waals surface area contributed by atoms with Gasteiger partial charge in [-0.15, -0.1) is 0 Å². The van der Waals surface area contributed by atoms with Crippen molar-refractivity contribution in [3.8, 4) is 0 Å². The van der Waals surface area contributed by atoms with Crippen LogP contribution in [0.5, 0.6) is 0 Å². The molecule has 0 aromatic carbocycles. The van der Waals surface area contributed by atoms with Crippen LogP contribution in [0.25, 0.3) is 0 Å². The number of nitrogens with one attached hydrogen (secondary N) is 1. The molecule has 4 heteroatoms. The third-order valence-corrected chi connectivity index (χ3v) is 1.56. The van der Waals surface area contributed by atoms with E-state index in [-0.39, 0.29) is 18.9 Å². The molecule has 58 valence electrons. The van der Waals surface area contributed by atoms with E-state index in [1.807, 2.05) is 0 Å². The van der Waals surface area contributed by atoms with Crippen LogP contribution >= 0.6 is 0 Å². The summed E-state index contributed by atoms with van der Waals surface area (Å²) in [7, 11) is 1.30. The molecule has 2 atom stereocenters. The van der Waals surface area contributed by atoms with Crippen molar-refractivity contribution in [2.45, 2.75) is 18.6 Å². The minimum absolute atomic E-state index is 0.243. The summed E-state index contributed by atoms with van der Waals surface area (Å²) in [6.45, 7) is 0.264. The molecule has 0 spiro atoms. The van der Waals surface area contributed by atoms with Crippen molar-refractivity contribution in [2.75, 3.05) is 13.7 Å². The summed E-state index contributed by atoms with van der Waals surface area (Å²) in [6.07, 6.45) is -0.656. The number of esters is 1. The van der Waals surface area contributed by atoms with Crippen LogP contribution in [0.15, 0.2) is 0 Å². The van der Waals surface area contributed by atoms with Crippen molar-refractivity contribution in [3.63, 3.8) is 0 Å². The van der Waals surface area contributed by atoms with Crippen LogP contribution in [-0.2, 0) is 9.53 Å². The van der Waals surface area contributed by atoms with E-state index in [0.717, 1.165) is 0 Å². The molecular formula is C6H10FNO2.